The second-order valence-electron chi connectivity index (χ2n) is 6.82. The van der Waals surface area contributed by atoms with Gasteiger partial charge in [-0.2, -0.15) is 18.2 Å². The molecule has 1 aliphatic rings. The smallest absolute Gasteiger partial charge is 0.378 e. The fourth-order valence-corrected chi connectivity index (χ4v) is 3.13. The van der Waals surface area contributed by atoms with Crippen molar-refractivity contribution in [2.75, 3.05) is 42.3 Å². The molecule has 0 amide bonds. The van der Waals surface area contributed by atoms with Crippen LogP contribution in [0.1, 0.15) is 11.1 Å². The third-order valence-corrected chi connectivity index (χ3v) is 4.75. The van der Waals surface area contributed by atoms with Crippen LogP contribution in [0.2, 0.25) is 0 Å². The average Bonchev–Trinajstić information content (AvgIpc) is 2.76. The number of aromatic nitrogens is 5. The Bertz CT molecular complexity index is 1070. The lowest BCUT2D eigenvalue weighted by molar-refractivity contribution is -0.137. The van der Waals surface area contributed by atoms with Crippen LogP contribution in [0.25, 0.3) is 11.3 Å². The van der Waals surface area contributed by atoms with Crippen molar-refractivity contribution in [1.29, 1.82) is 0 Å². The number of pyridine rings is 1. The maximum Gasteiger partial charge on any atom is 0.419 e. The predicted molar refractivity (Wildman–Crippen MR) is 108 cm³/mol. The summed E-state index contributed by atoms with van der Waals surface area (Å²) in [6, 6.07) is 1.25. The van der Waals surface area contributed by atoms with Gasteiger partial charge in [0.15, 0.2) is 0 Å². The van der Waals surface area contributed by atoms with Crippen molar-refractivity contribution in [1.82, 2.24) is 24.9 Å². The quantitative estimate of drug-likeness (QED) is 0.642. The van der Waals surface area contributed by atoms with Gasteiger partial charge in [-0.15, -0.1) is 0 Å². The molecule has 1 fully saturated rings. The molecule has 3 aromatic rings. The third kappa shape index (κ3) is 4.48. The summed E-state index contributed by atoms with van der Waals surface area (Å²) in [6.07, 6.45) is 0.511. The molecule has 1 saturated heterocycles. The number of nitrogens with zero attached hydrogens (tertiary/aromatic N) is 6. The van der Waals surface area contributed by atoms with E-state index in [9.17, 15) is 13.2 Å². The van der Waals surface area contributed by atoms with Crippen LogP contribution < -0.4 is 16.0 Å². The average molecular weight is 432 g/mol. The molecule has 1 aliphatic heterocycles. The number of nitrogens with one attached hydrogen (secondary N) is 1. The fourth-order valence-electron chi connectivity index (χ4n) is 3.13. The summed E-state index contributed by atoms with van der Waals surface area (Å²) in [5.41, 5.74) is 6.12. The van der Waals surface area contributed by atoms with E-state index in [-0.39, 0.29) is 17.5 Å². The summed E-state index contributed by atoms with van der Waals surface area (Å²) >= 11 is 0. The first-order valence-corrected chi connectivity index (χ1v) is 9.40. The molecule has 3 N–H and O–H groups in total. The Labute approximate surface area is 175 Å². The van der Waals surface area contributed by atoms with Gasteiger partial charge in [0.05, 0.1) is 30.2 Å². The molecule has 0 aromatic carbocycles. The molecule has 0 aliphatic carbocycles. The summed E-state index contributed by atoms with van der Waals surface area (Å²) in [7, 11) is 0. The van der Waals surface area contributed by atoms with Gasteiger partial charge in [0, 0.05) is 49.0 Å². The monoisotopic (exact) mass is 432 g/mol. The molecular formula is C19H19F3N8O. The first-order valence-electron chi connectivity index (χ1n) is 9.40. The molecule has 9 nitrogen and oxygen atoms in total. The van der Waals surface area contributed by atoms with Gasteiger partial charge < -0.3 is 20.7 Å². The molecule has 12 heteroatoms. The van der Waals surface area contributed by atoms with Gasteiger partial charge in [0.1, 0.15) is 5.82 Å². The maximum atomic E-state index is 13.4. The number of morpholine rings is 1. The van der Waals surface area contributed by atoms with Crippen LogP contribution in [-0.2, 0) is 10.9 Å². The van der Waals surface area contributed by atoms with Gasteiger partial charge in [0.25, 0.3) is 0 Å². The van der Waals surface area contributed by atoms with Crippen molar-refractivity contribution in [3.63, 3.8) is 0 Å². The molecular weight excluding hydrogens is 413 g/mol. The number of nitrogen functional groups attached to an aromatic ring is 1. The van der Waals surface area contributed by atoms with Crippen LogP contribution in [0.5, 0.6) is 0 Å². The highest BCUT2D eigenvalue weighted by Gasteiger charge is 2.34. The molecule has 4 rings (SSSR count). The zero-order valence-electron chi connectivity index (χ0n) is 16.5. The van der Waals surface area contributed by atoms with E-state index in [4.69, 9.17) is 10.5 Å². The Morgan fingerprint density at radius 2 is 1.81 bits per heavy atom. The molecule has 0 unspecified atom stereocenters. The Morgan fingerprint density at radius 3 is 2.48 bits per heavy atom. The van der Waals surface area contributed by atoms with Crippen molar-refractivity contribution >= 4 is 23.4 Å². The highest BCUT2D eigenvalue weighted by molar-refractivity contribution is 5.73. The lowest BCUT2D eigenvalue weighted by Crippen LogP contribution is -2.37. The number of hydrogen-bond donors (Lipinski definition) is 2. The standard InChI is InChI=1S/C19H19F3N8O/c1-11-15(12-8-25-17(23)26-9-12)28-18(30-4-6-31-7-5-30)29-16(11)27-14-2-3-24-10-13(14)19(20,21)22/h2-3,8-10H,4-7H2,1H3,(H2,23,25,26)(H,24,27,28,29). The third-order valence-electron chi connectivity index (χ3n) is 4.75. The zero-order valence-corrected chi connectivity index (χ0v) is 16.5. The number of halogens is 3. The van der Waals surface area contributed by atoms with Gasteiger partial charge in [-0.05, 0) is 13.0 Å². The van der Waals surface area contributed by atoms with E-state index in [0.29, 0.717) is 49.1 Å². The van der Waals surface area contributed by atoms with Crippen molar-refractivity contribution in [3.05, 3.63) is 42.0 Å². The minimum Gasteiger partial charge on any atom is -0.378 e. The van der Waals surface area contributed by atoms with Gasteiger partial charge in [-0.1, -0.05) is 0 Å². The number of ether oxygens (including phenoxy) is 1. The second-order valence-corrected chi connectivity index (χ2v) is 6.82. The van der Waals surface area contributed by atoms with Crippen molar-refractivity contribution < 1.29 is 17.9 Å². The molecule has 0 spiro atoms. The normalized spacial score (nSPS) is 14.5. The molecule has 0 atom stereocenters. The van der Waals surface area contributed by atoms with Gasteiger partial charge in [-0.3, -0.25) is 4.98 Å². The Hall–Kier alpha value is -3.54. The number of anilines is 4. The van der Waals surface area contributed by atoms with Gasteiger partial charge in [0.2, 0.25) is 11.9 Å². The number of nitrogens with two attached hydrogens (primary N) is 1. The van der Waals surface area contributed by atoms with E-state index in [2.05, 4.69) is 30.2 Å². The topological polar surface area (TPSA) is 115 Å². The van der Waals surface area contributed by atoms with E-state index in [1.165, 1.54) is 24.7 Å². The number of alkyl halides is 3. The molecule has 0 saturated carbocycles. The molecule has 3 aromatic heterocycles. The Morgan fingerprint density at radius 1 is 1.10 bits per heavy atom. The van der Waals surface area contributed by atoms with Crippen LogP contribution in [0.4, 0.5) is 36.6 Å². The number of hydrogen-bond acceptors (Lipinski definition) is 9. The Kier molecular flexibility index (Phi) is 5.55. The first kappa shape index (κ1) is 20.7. The van der Waals surface area contributed by atoms with E-state index in [1.807, 2.05) is 4.90 Å². The van der Waals surface area contributed by atoms with Crippen LogP contribution in [0.3, 0.4) is 0 Å². The van der Waals surface area contributed by atoms with Crippen molar-refractivity contribution in [3.8, 4) is 11.3 Å². The summed E-state index contributed by atoms with van der Waals surface area (Å²) in [5.74, 6) is 0.708. The minimum atomic E-state index is -4.57. The molecule has 162 valence electrons. The molecule has 31 heavy (non-hydrogen) atoms. The predicted octanol–water partition coefficient (Wildman–Crippen LogP) is 2.82. The van der Waals surface area contributed by atoms with E-state index < -0.39 is 11.7 Å². The van der Waals surface area contributed by atoms with Crippen molar-refractivity contribution in [2.45, 2.75) is 13.1 Å². The highest BCUT2D eigenvalue weighted by atomic mass is 19.4. The lowest BCUT2D eigenvalue weighted by atomic mass is 10.1. The highest BCUT2D eigenvalue weighted by Crippen LogP contribution is 2.37. The minimum absolute atomic E-state index is 0.105. The lowest BCUT2D eigenvalue weighted by Gasteiger charge is -2.28. The Balaban J connectivity index is 1.82. The summed E-state index contributed by atoms with van der Waals surface area (Å²) < 4.78 is 45.7. The first-order chi connectivity index (χ1) is 14.8. The maximum absolute atomic E-state index is 13.4. The summed E-state index contributed by atoms with van der Waals surface area (Å²) in [6.45, 7) is 3.84. The van der Waals surface area contributed by atoms with Crippen LogP contribution >= 0.6 is 0 Å². The van der Waals surface area contributed by atoms with Gasteiger partial charge >= 0.3 is 6.18 Å². The molecule has 0 bridgehead atoms. The van der Waals surface area contributed by atoms with E-state index in [0.717, 1.165) is 6.20 Å². The summed E-state index contributed by atoms with van der Waals surface area (Å²) in [4.78, 5) is 22.6. The zero-order chi connectivity index (χ0) is 22.0. The van der Waals surface area contributed by atoms with Gasteiger partial charge in [-0.25, -0.2) is 15.0 Å². The molecule has 4 heterocycles. The van der Waals surface area contributed by atoms with E-state index >= 15 is 0 Å². The SMILES string of the molecule is Cc1c(Nc2ccncc2C(F)(F)F)nc(N2CCOCC2)nc1-c1cnc(N)nc1. The fraction of sp³-hybridized carbons (Fsp3) is 0.316. The van der Waals surface area contributed by atoms with Crippen LogP contribution in [0, 0.1) is 6.92 Å². The van der Waals surface area contributed by atoms with Crippen molar-refractivity contribution in [2.24, 2.45) is 0 Å². The van der Waals surface area contributed by atoms with Crippen LogP contribution in [0.15, 0.2) is 30.9 Å². The molecule has 0 radical (unpaired) electrons. The van der Waals surface area contributed by atoms with E-state index in [1.54, 1.807) is 6.92 Å². The summed E-state index contributed by atoms with van der Waals surface area (Å²) in [5, 5.41) is 2.81. The number of rotatable bonds is 4. The van der Waals surface area contributed by atoms with Crippen LogP contribution in [-0.4, -0.2) is 51.2 Å². The largest absolute Gasteiger partial charge is 0.419 e. The second kappa shape index (κ2) is 8.30.